The lowest BCUT2D eigenvalue weighted by Crippen LogP contribution is -2.47. The first-order chi connectivity index (χ1) is 18.4. The Morgan fingerprint density at radius 3 is 2.63 bits per heavy atom. The molecule has 210 valence electrons. The zero-order chi connectivity index (χ0) is 26.6. The van der Waals surface area contributed by atoms with Crippen LogP contribution in [0.3, 0.4) is 0 Å². The van der Waals surface area contributed by atoms with E-state index in [0.717, 1.165) is 69.8 Å². The Kier molecular flexibility index (Phi) is 9.11. The topological polar surface area (TPSA) is 77.1 Å². The molecule has 1 aromatic carbocycles. The van der Waals surface area contributed by atoms with Gasteiger partial charge in [0.05, 0.1) is 30.8 Å². The van der Waals surface area contributed by atoms with E-state index in [-0.39, 0.29) is 23.4 Å². The summed E-state index contributed by atoms with van der Waals surface area (Å²) in [6, 6.07) is 5.61. The van der Waals surface area contributed by atoms with Crippen LogP contribution in [0.4, 0.5) is 5.69 Å². The smallest absolute Gasteiger partial charge is 0.263 e. The van der Waals surface area contributed by atoms with Gasteiger partial charge in [-0.15, -0.1) is 6.58 Å². The van der Waals surface area contributed by atoms with Crippen LogP contribution in [0.25, 0.3) is 0 Å². The van der Waals surface area contributed by atoms with Gasteiger partial charge >= 0.3 is 0 Å². The molecule has 2 fully saturated rings. The largest absolute Gasteiger partial charge is 0.491 e. The number of carbonyl (C=O) groups is 1. The minimum Gasteiger partial charge on any atom is -0.491 e. The van der Waals surface area contributed by atoms with Crippen molar-refractivity contribution < 1.29 is 23.2 Å². The fraction of sp³-hybridized carbons (Fsp3) is 0.700. The summed E-state index contributed by atoms with van der Waals surface area (Å²) in [4.78, 5) is 15.6. The Hall–Kier alpha value is -1.90. The number of rotatable bonds is 3. The highest BCUT2D eigenvalue weighted by Gasteiger charge is 2.43. The number of fused-ring (bicyclic) bond motifs is 2. The van der Waals surface area contributed by atoms with Crippen LogP contribution in [-0.4, -0.2) is 54.6 Å². The van der Waals surface area contributed by atoms with E-state index in [4.69, 9.17) is 14.2 Å². The maximum absolute atomic E-state index is 13.2. The summed E-state index contributed by atoms with van der Waals surface area (Å²) < 4.78 is 34.5. The van der Waals surface area contributed by atoms with E-state index in [9.17, 15) is 9.00 Å². The molecule has 7 unspecified atom stereocenters. The molecule has 5 rings (SSSR count). The Balaban J connectivity index is 1.48. The minimum atomic E-state index is -1.46. The van der Waals surface area contributed by atoms with E-state index in [1.807, 2.05) is 25.1 Å². The average Bonchev–Trinajstić information content (AvgIpc) is 3.08. The van der Waals surface area contributed by atoms with Crippen LogP contribution in [0.2, 0.25) is 0 Å². The van der Waals surface area contributed by atoms with Crippen molar-refractivity contribution in [2.75, 3.05) is 37.8 Å². The summed E-state index contributed by atoms with van der Waals surface area (Å²) in [5.74, 6) is 2.53. The number of allylic oxidation sites excluding steroid dienone is 1. The predicted octanol–water partition coefficient (Wildman–Crippen LogP) is 5.09. The van der Waals surface area contributed by atoms with Gasteiger partial charge in [-0.05, 0) is 81.4 Å². The maximum atomic E-state index is 13.2. The van der Waals surface area contributed by atoms with Crippen LogP contribution >= 0.6 is 0 Å². The van der Waals surface area contributed by atoms with Crippen LogP contribution in [0.15, 0.2) is 30.9 Å². The van der Waals surface area contributed by atoms with E-state index in [1.165, 1.54) is 12.8 Å². The van der Waals surface area contributed by atoms with Gasteiger partial charge in [0, 0.05) is 30.5 Å². The molecule has 1 aliphatic carbocycles. The molecular formula is C30H44N2O5S. The van der Waals surface area contributed by atoms with E-state index in [2.05, 4.69) is 23.1 Å². The van der Waals surface area contributed by atoms with E-state index in [0.29, 0.717) is 35.8 Å². The van der Waals surface area contributed by atoms with Gasteiger partial charge in [-0.3, -0.25) is 9.52 Å². The molecule has 2 bridgehead atoms. The summed E-state index contributed by atoms with van der Waals surface area (Å²) in [5, 5.41) is -0.135. The van der Waals surface area contributed by atoms with Gasteiger partial charge in [-0.1, -0.05) is 19.4 Å². The molecule has 38 heavy (non-hydrogen) atoms. The molecule has 1 N–H and O–H groups in total. The molecule has 0 spiro atoms. The van der Waals surface area contributed by atoms with Crippen LogP contribution in [0.1, 0.15) is 69.2 Å². The molecule has 1 saturated heterocycles. The van der Waals surface area contributed by atoms with Gasteiger partial charge < -0.3 is 19.1 Å². The van der Waals surface area contributed by atoms with Crippen LogP contribution < -0.4 is 14.4 Å². The molecule has 4 aliphatic rings. The molecule has 1 saturated carbocycles. The SMILES string of the molecule is C=CCC1COc2ccc3cc2N(C1)CC1CCC1C(C1OCCCO1)CCCC(C)C(C)S(=O)NC3=O. The van der Waals surface area contributed by atoms with Gasteiger partial charge in [0.25, 0.3) is 5.91 Å². The standard InChI is InChI=1S/C30H44N2O5S/c1-4-7-22-17-32-18-24-10-12-25(24)26(30-35-14-6-15-36-30)9-5-8-20(2)21(3)38(34)31-29(33)23-11-13-28(37-19-22)27(32)16-23/h4,11,13,16,20-22,24-26,30H,1,5-10,12,14-15,17-19H2,2-3H3,(H,31,33). The summed E-state index contributed by atoms with van der Waals surface area (Å²) >= 11 is 0. The van der Waals surface area contributed by atoms with Crippen LogP contribution in [-0.2, 0) is 20.5 Å². The average molecular weight is 545 g/mol. The molecule has 0 radical (unpaired) electrons. The number of benzene rings is 1. The third-order valence-electron chi connectivity index (χ3n) is 9.23. The first kappa shape index (κ1) is 27.7. The number of nitrogens with zero attached hydrogens (tertiary/aromatic N) is 1. The highest BCUT2D eigenvalue weighted by Crippen LogP contribution is 2.46. The lowest BCUT2D eigenvalue weighted by atomic mass is 9.65. The fourth-order valence-corrected chi connectivity index (χ4v) is 7.63. The van der Waals surface area contributed by atoms with E-state index < -0.39 is 11.0 Å². The summed E-state index contributed by atoms with van der Waals surface area (Å²) in [6.07, 6.45) is 9.13. The van der Waals surface area contributed by atoms with Crippen LogP contribution in [0, 0.1) is 29.6 Å². The molecule has 7 atom stereocenters. The van der Waals surface area contributed by atoms with Gasteiger partial charge in [-0.25, -0.2) is 4.21 Å². The zero-order valence-electron chi connectivity index (χ0n) is 22.9. The molecular weight excluding hydrogens is 500 g/mol. The number of anilines is 1. The molecule has 0 aromatic heterocycles. The number of amides is 1. The highest BCUT2D eigenvalue weighted by atomic mass is 32.2. The van der Waals surface area contributed by atoms with Crippen molar-refractivity contribution in [2.24, 2.45) is 29.6 Å². The predicted molar refractivity (Wildman–Crippen MR) is 151 cm³/mol. The van der Waals surface area contributed by atoms with Crippen LogP contribution in [0.5, 0.6) is 5.75 Å². The van der Waals surface area contributed by atoms with Crippen molar-refractivity contribution in [1.82, 2.24) is 4.72 Å². The van der Waals surface area contributed by atoms with Crippen molar-refractivity contribution in [3.8, 4) is 5.75 Å². The molecule has 1 aromatic rings. The number of hydrogen-bond donors (Lipinski definition) is 1. The lowest BCUT2D eigenvalue weighted by molar-refractivity contribution is -0.224. The Morgan fingerprint density at radius 2 is 1.89 bits per heavy atom. The number of hydrogen-bond acceptors (Lipinski definition) is 6. The zero-order valence-corrected chi connectivity index (χ0v) is 23.8. The van der Waals surface area contributed by atoms with Crippen molar-refractivity contribution in [2.45, 2.75) is 70.3 Å². The van der Waals surface area contributed by atoms with E-state index >= 15 is 0 Å². The number of ether oxygens (including phenoxy) is 3. The first-order valence-corrected chi connectivity index (χ1v) is 15.7. The second-order valence-electron chi connectivity index (χ2n) is 11.8. The Morgan fingerprint density at radius 1 is 1.08 bits per heavy atom. The Labute approximate surface area is 230 Å². The second kappa shape index (κ2) is 12.5. The lowest BCUT2D eigenvalue weighted by Gasteiger charge is -2.47. The first-order valence-electron chi connectivity index (χ1n) is 14.5. The van der Waals surface area contributed by atoms with Gasteiger partial charge in [0.15, 0.2) is 6.29 Å². The Bertz CT molecular complexity index is 1010. The second-order valence-corrected chi connectivity index (χ2v) is 13.3. The highest BCUT2D eigenvalue weighted by molar-refractivity contribution is 7.84. The normalized spacial score (nSPS) is 35.2. The third-order valence-corrected chi connectivity index (χ3v) is 10.8. The maximum Gasteiger partial charge on any atom is 0.263 e. The molecule has 1 amide bonds. The quantitative estimate of drug-likeness (QED) is 0.535. The minimum absolute atomic E-state index is 0.128. The number of carbonyl (C=O) groups excluding carboxylic acids is 1. The van der Waals surface area contributed by atoms with Gasteiger partial charge in [-0.2, -0.15) is 0 Å². The van der Waals surface area contributed by atoms with Crippen molar-refractivity contribution in [3.05, 3.63) is 36.4 Å². The monoisotopic (exact) mass is 544 g/mol. The molecule has 7 nitrogen and oxygen atoms in total. The van der Waals surface area contributed by atoms with Gasteiger partial charge in [0.2, 0.25) is 0 Å². The summed E-state index contributed by atoms with van der Waals surface area (Å²) in [5.41, 5.74) is 1.47. The van der Waals surface area contributed by atoms with Crippen molar-refractivity contribution >= 4 is 22.6 Å². The molecule has 8 heteroatoms. The number of nitrogens with one attached hydrogen (secondary N) is 1. The van der Waals surface area contributed by atoms with E-state index in [1.54, 1.807) is 6.07 Å². The van der Waals surface area contributed by atoms with Gasteiger partial charge in [0.1, 0.15) is 16.7 Å². The third kappa shape index (κ3) is 6.13. The van der Waals surface area contributed by atoms with Crippen molar-refractivity contribution in [3.63, 3.8) is 0 Å². The van der Waals surface area contributed by atoms with Crippen molar-refractivity contribution in [1.29, 1.82) is 0 Å². The fourth-order valence-electron chi connectivity index (χ4n) is 6.59. The summed E-state index contributed by atoms with van der Waals surface area (Å²) in [7, 11) is -1.46. The summed E-state index contributed by atoms with van der Waals surface area (Å²) in [6.45, 7) is 12.0. The molecule has 3 aliphatic heterocycles. The molecule has 3 heterocycles.